The molecule has 0 bridgehead atoms. The van der Waals surface area contributed by atoms with E-state index in [9.17, 15) is 9.59 Å². The molecule has 0 spiro atoms. The summed E-state index contributed by atoms with van der Waals surface area (Å²) in [5.74, 6) is -0.596. The normalized spacial score (nSPS) is 10.5. The number of aromatic nitrogens is 1. The lowest BCUT2D eigenvalue weighted by molar-refractivity contribution is 0.0594. The van der Waals surface area contributed by atoms with E-state index >= 15 is 0 Å². The predicted molar refractivity (Wildman–Crippen MR) is 65.7 cm³/mol. The van der Waals surface area contributed by atoms with Gasteiger partial charge in [0, 0.05) is 11.5 Å². The lowest BCUT2D eigenvalue weighted by Gasteiger charge is -2.06. The fraction of sp³-hybridized carbons (Fsp3) is 0.167. The number of ether oxygens (including phenoxy) is 1. The maximum atomic E-state index is 11.8. The molecule has 0 amide bonds. The summed E-state index contributed by atoms with van der Waals surface area (Å²) in [6, 6.07) is 4.65. The van der Waals surface area contributed by atoms with E-state index in [-0.39, 0.29) is 11.1 Å². The SMILES string of the molecule is COC(=O)c1cc(=O)c2ccc(C)c(Cl)c2[nH]1. The number of hydrogen-bond acceptors (Lipinski definition) is 3. The summed E-state index contributed by atoms with van der Waals surface area (Å²) < 4.78 is 4.56. The zero-order valence-corrected chi connectivity index (χ0v) is 10.1. The van der Waals surface area contributed by atoms with Crippen LogP contribution in [0.5, 0.6) is 0 Å². The topological polar surface area (TPSA) is 59.2 Å². The molecule has 88 valence electrons. The number of carbonyl (C=O) groups excluding carboxylic acids is 1. The summed E-state index contributed by atoms with van der Waals surface area (Å²) in [5.41, 5.74) is 1.12. The van der Waals surface area contributed by atoms with Crippen molar-refractivity contribution in [1.82, 2.24) is 4.98 Å². The lowest BCUT2D eigenvalue weighted by Crippen LogP contribution is -2.11. The van der Waals surface area contributed by atoms with Crippen molar-refractivity contribution in [3.63, 3.8) is 0 Å². The number of methoxy groups -OCH3 is 1. The second-order valence-electron chi connectivity index (χ2n) is 3.66. The van der Waals surface area contributed by atoms with Crippen LogP contribution in [0.25, 0.3) is 10.9 Å². The Bertz CT molecular complexity index is 661. The van der Waals surface area contributed by atoms with Crippen LogP contribution in [0.1, 0.15) is 16.1 Å². The number of nitrogens with one attached hydrogen (secondary N) is 1. The third-order valence-electron chi connectivity index (χ3n) is 2.54. The Balaban J connectivity index is 2.84. The van der Waals surface area contributed by atoms with Crippen molar-refractivity contribution in [2.24, 2.45) is 0 Å². The second-order valence-corrected chi connectivity index (χ2v) is 4.04. The van der Waals surface area contributed by atoms with Gasteiger partial charge in [-0.05, 0) is 18.6 Å². The van der Waals surface area contributed by atoms with E-state index in [2.05, 4.69) is 9.72 Å². The van der Waals surface area contributed by atoms with Gasteiger partial charge in [-0.1, -0.05) is 17.7 Å². The molecular formula is C12H10ClNO3. The highest BCUT2D eigenvalue weighted by Gasteiger charge is 2.12. The largest absolute Gasteiger partial charge is 0.464 e. The third-order valence-corrected chi connectivity index (χ3v) is 3.03. The van der Waals surface area contributed by atoms with Crippen molar-refractivity contribution in [1.29, 1.82) is 0 Å². The van der Waals surface area contributed by atoms with E-state index in [0.29, 0.717) is 15.9 Å². The highest BCUT2D eigenvalue weighted by atomic mass is 35.5. The number of aromatic amines is 1. The Labute approximate surface area is 102 Å². The van der Waals surface area contributed by atoms with Gasteiger partial charge in [0.05, 0.1) is 17.6 Å². The molecule has 2 aromatic rings. The molecule has 17 heavy (non-hydrogen) atoms. The number of halogens is 1. The standard InChI is InChI=1S/C12H10ClNO3/c1-6-3-4-7-9(15)5-8(12(16)17-2)14-11(7)10(6)13/h3-5H,1-2H3,(H,14,15). The van der Waals surface area contributed by atoms with Crippen molar-refractivity contribution < 1.29 is 9.53 Å². The molecule has 0 aliphatic carbocycles. The number of fused-ring (bicyclic) bond motifs is 1. The molecule has 0 saturated carbocycles. The van der Waals surface area contributed by atoms with Gasteiger partial charge in [-0.2, -0.15) is 0 Å². The number of carbonyl (C=O) groups is 1. The van der Waals surface area contributed by atoms with Gasteiger partial charge in [0.15, 0.2) is 5.43 Å². The summed E-state index contributed by atoms with van der Waals surface area (Å²) in [5, 5.41) is 0.888. The van der Waals surface area contributed by atoms with Crippen LogP contribution in [0.2, 0.25) is 5.02 Å². The summed E-state index contributed by atoms with van der Waals surface area (Å²) in [4.78, 5) is 26.0. The Hall–Kier alpha value is -1.81. The molecule has 1 aromatic carbocycles. The van der Waals surface area contributed by atoms with Gasteiger partial charge in [-0.15, -0.1) is 0 Å². The summed E-state index contributed by atoms with van der Waals surface area (Å²) in [6.45, 7) is 1.82. The molecule has 1 heterocycles. The number of hydrogen-bond donors (Lipinski definition) is 1. The summed E-state index contributed by atoms with van der Waals surface area (Å²) in [7, 11) is 1.25. The molecule has 4 nitrogen and oxygen atoms in total. The number of H-pyrrole nitrogens is 1. The highest BCUT2D eigenvalue weighted by molar-refractivity contribution is 6.35. The fourth-order valence-electron chi connectivity index (χ4n) is 1.61. The monoisotopic (exact) mass is 251 g/mol. The molecule has 2 rings (SSSR count). The maximum Gasteiger partial charge on any atom is 0.354 e. The first-order valence-electron chi connectivity index (χ1n) is 4.95. The predicted octanol–water partition coefficient (Wildman–Crippen LogP) is 2.28. The molecule has 0 unspecified atom stereocenters. The van der Waals surface area contributed by atoms with Gasteiger partial charge in [0.25, 0.3) is 0 Å². The molecule has 0 saturated heterocycles. The zero-order valence-electron chi connectivity index (χ0n) is 9.33. The Morgan fingerprint density at radius 3 is 2.76 bits per heavy atom. The molecule has 0 aliphatic heterocycles. The Morgan fingerprint density at radius 1 is 1.41 bits per heavy atom. The van der Waals surface area contributed by atoms with Gasteiger partial charge in [0.2, 0.25) is 0 Å². The average Bonchev–Trinajstić information content (AvgIpc) is 2.33. The number of benzene rings is 1. The minimum Gasteiger partial charge on any atom is -0.464 e. The number of aryl methyl sites for hydroxylation is 1. The number of rotatable bonds is 1. The quantitative estimate of drug-likeness (QED) is 0.791. The smallest absolute Gasteiger partial charge is 0.354 e. The van der Waals surface area contributed by atoms with Gasteiger partial charge < -0.3 is 9.72 Å². The van der Waals surface area contributed by atoms with Crippen molar-refractivity contribution in [2.75, 3.05) is 7.11 Å². The van der Waals surface area contributed by atoms with E-state index in [4.69, 9.17) is 11.6 Å². The van der Waals surface area contributed by atoms with Crippen molar-refractivity contribution in [3.8, 4) is 0 Å². The van der Waals surface area contributed by atoms with E-state index in [1.165, 1.54) is 13.2 Å². The van der Waals surface area contributed by atoms with Crippen LogP contribution in [0.4, 0.5) is 0 Å². The third kappa shape index (κ3) is 1.91. The molecule has 0 atom stereocenters. The molecule has 0 fully saturated rings. The first kappa shape index (κ1) is 11.7. The van der Waals surface area contributed by atoms with Gasteiger partial charge in [-0.3, -0.25) is 4.79 Å². The van der Waals surface area contributed by atoms with Crippen LogP contribution in [-0.2, 0) is 4.74 Å². The molecular weight excluding hydrogens is 242 g/mol. The number of esters is 1. The first-order valence-corrected chi connectivity index (χ1v) is 5.33. The molecule has 1 aromatic heterocycles. The van der Waals surface area contributed by atoms with Crippen LogP contribution >= 0.6 is 11.6 Å². The van der Waals surface area contributed by atoms with E-state index in [1.807, 2.05) is 6.92 Å². The number of pyridine rings is 1. The maximum absolute atomic E-state index is 11.8. The van der Waals surface area contributed by atoms with E-state index in [1.54, 1.807) is 12.1 Å². The Morgan fingerprint density at radius 2 is 2.12 bits per heavy atom. The zero-order chi connectivity index (χ0) is 12.6. The summed E-state index contributed by atoms with van der Waals surface area (Å²) in [6.07, 6.45) is 0. The van der Waals surface area contributed by atoms with Crippen molar-refractivity contribution in [3.05, 3.63) is 44.7 Å². The van der Waals surface area contributed by atoms with E-state index in [0.717, 1.165) is 5.56 Å². The van der Waals surface area contributed by atoms with Crippen molar-refractivity contribution in [2.45, 2.75) is 6.92 Å². The van der Waals surface area contributed by atoms with Gasteiger partial charge in [-0.25, -0.2) is 4.79 Å². The molecule has 0 radical (unpaired) electrons. The van der Waals surface area contributed by atoms with Crippen molar-refractivity contribution >= 4 is 28.5 Å². The highest BCUT2D eigenvalue weighted by Crippen LogP contribution is 2.23. The van der Waals surface area contributed by atoms with Crippen LogP contribution in [0.3, 0.4) is 0 Å². The minimum atomic E-state index is -0.596. The van der Waals surface area contributed by atoms with Gasteiger partial charge in [0.1, 0.15) is 5.69 Å². The Kier molecular flexibility index (Phi) is 2.90. The van der Waals surface area contributed by atoms with Gasteiger partial charge >= 0.3 is 5.97 Å². The molecule has 5 heteroatoms. The van der Waals surface area contributed by atoms with E-state index < -0.39 is 5.97 Å². The van der Waals surface area contributed by atoms with Crippen LogP contribution in [0, 0.1) is 6.92 Å². The summed E-state index contributed by atoms with van der Waals surface area (Å²) >= 11 is 6.10. The minimum absolute atomic E-state index is 0.0949. The second kappa shape index (κ2) is 4.22. The molecule has 0 aliphatic rings. The first-order chi connectivity index (χ1) is 8.04. The lowest BCUT2D eigenvalue weighted by atomic mass is 10.1. The van der Waals surface area contributed by atoms with Crippen LogP contribution in [-0.4, -0.2) is 18.1 Å². The van der Waals surface area contributed by atoms with Crippen LogP contribution < -0.4 is 5.43 Å². The van der Waals surface area contributed by atoms with Crippen LogP contribution in [0.15, 0.2) is 23.0 Å². The molecule has 1 N–H and O–H groups in total. The average molecular weight is 252 g/mol. The fourth-order valence-corrected chi connectivity index (χ4v) is 1.82.